The molecule has 6 heteroatoms. The third-order valence-electron chi connectivity index (χ3n) is 2.94. The third-order valence-corrected chi connectivity index (χ3v) is 2.94. The van der Waals surface area contributed by atoms with Gasteiger partial charge in [0.25, 0.3) is 11.9 Å². The van der Waals surface area contributed by atoms with Crippen LogP contribution in [0, 0.1) is 0 Å². The Kier molecular flexibility index (Phi) is 5.19. The van der Waals surface area contributed by atoms with Crippen molar-refractivity contribution in [1.29, 1.82) is 0 Å². The van der Waals surface area contributed by atoms with Crippen LogP contribution in [0.4, 0.5) is 0 Å². The number of carbonyl (C=O) groups is 2. The molecule has 1 aromatic carbocycles. The Morgan fingerprint density at radius 3 is 2.64 bits per heavy atom. The predicted octanol–water partition coefficient (Wildman–Crippen LogP) is 3.06. The molecule has 0 aliphatic carbocycles. The lowest BCUT2D eigenvalue weighted by Crippen LogP contribution is -2.32. The largest absolute Gasteiger partial charge is 0.481 e. The van der Waals surface area contributed by atoms with Crippen LogP contribution >= 0.6 is 0 Å². The number of hydrogen-bond donors (Lipinski definition) is 2. The number of furan rings is 1. The number of benzene rings is 1. The summed E-state index contributed by atoms with van der Waals surface area (Å²) in [6.07, 6.45) is 0.358. The number of nitrogens with one attached hydrogen (secondary N) is 1. The van der Waals surface area contributed by atoms with E-state index in [0.717, 1.165) is 0 Å². The maximum Gasteiger partial charge on any atom is 0.303 e. The van der Waals surface area contributed by atoms with Gasteiger partial charge in [-0.25, -0.2) is 0 Å². The maximum absolute atomic E-state index is 12.0. The summed E-state index contributed by atoms with van der Waals surface area (Å²) in [5.41, 5.74) is 0. The van der Waals surface area contributed by atoms with Gasteiger partial charge in [-0.3, -0.25) is 9.59 Å². The molecule has 0 bridgehead atoms. The molecule has 22 heavy (non-hydrogen) atoms. The highest BCUT2D eigenvalue weighted by atomic mass is 16.6. The first-order chi connectivity index (χ1) is 10.5. The lowest BCUT2D eigenvalue weighted by molar-refractivity contribution is -0.137. The first-order valence-corrected chi connectivity index (χ1v) is 6.90. The maximum atomic E-state index is 12.0. The van der Waals surface area contributed by atoms with Crippen molar-refractivity contribution in [2.24, 2.45) is 0 Å². The van der Waals surface area contributed by atoms with E-state index >= 15 is 0 Å². The zero-order valence-electron chi connectivity index (χ0n) is 12.1. The summed E-state index contributed by atoms with van der Waals surface area (Å²) in [6, 6.07) is 11.9. The van der Waals surface area contributed by atoms with Gasteiger partial charge in [-0.15, -0.1) is 0 Å². The summed E-state index contributed by atoms with van der Waals surface area (Å²) >= 11 is 0. The molecule has 2 aromatic rings. The van der Waals surface area contributed by atoms with E-state index in [1.807, 2.05) is 18.2 Å². The molecule has 2 rings (SSSR count). The molecule has 0 radical (unpaired) electrons. The minimum absolute atomic E-state index is 0.00195. The van der Waals surface area contributed by atoms with Gasteiger partial charge in [-0.1, -0.05) is 18.2 Å². The minimum Gasteiger partial charge on any atom is -0.481 e. The highest BCUT2D eigenvalue weighted by Crippen LogP contribution is 2.23. The topological polar surface area (TPSA) is 88.8 Å². The lowest BCUT2D eigenvalue weighted by atomic mass is 10.2. The Hall–Kier alpha value is -2.76. The molecule has 1 atom stereocenters. The molecule has 0 aliphatic rings. The minimum atomic E-state index is -0.891. The van der Waals surface area contributed by atoms with Crippen LogP contribution < -0.4 is 10.1 Å². The zero-order valence-corrected chi connectivity index (χ0v) is 12.1. The molecule has 0 saturated heterocycles. The number of para-hydroxylation sites is 1. The molecule has 0 aliphatic heterocycles. The molecule has 6 nitrogen and oxygen atoms in total. The van der Waals surface area contributed by atoms with E-state index in [1.54, 1.807) is 25.1 Å². The molecule has 0 spiro atoms. The molecule has 1 aromatic heterocycles. The number of carboxylic acid groups (broad SMARTS) is 1. The van der Waals surface area contributed by atoms with Gasteiger partial charge in [0.2, 0.25) is 0 Å². The fourth-order valence-corrected chi connectivity index (χ4v) is 1.81. The molecule has 0 fully saturated rings. The van der Waals surface area contributed by atoms with Gasteiger partial charge in [0.15, 0.2) is 5.76 Å². The summed E-state index contributed by atoms with van der Waals surface area (Å²) in [5.74, 6) is -0.347. The number of amides is 1. The Morgan fingerprint density at radius 2 is 1.95 bits per heavy atom. The first-order valence-electron chi connectivity index (χ1n) is 6.90. The number of carbonyl (C=O) groups excluding carboxylic acids is 1. The van der Waals surface area contributed by atoms with Crippen molar-refractivity contribution >= 4 is 11.9 Å². The second kappa shape index (κ2) is 7.31. The Bertz CT molecular complexity index is 635. The van der Waals surface area contributed by atoms with Gasteiger partial charge in [-0.2, -0.15) is 0 Å². The second-order valence-electron chi connectivity index (χ2n) is 4.84. The summed E-state index contributed by atoms with van der Waals surface area (Å²) in [6.45, 7) is 1.74. The molecule has 116 valence electrons. The van der Waals surface area contributed by atoms with Crippen molar-refractivity contribution in [2.75, 3.05) is 0 Å². The average molecular weight is 303 g/mol. The zero-order chi connectivity index (χ0) is 15.9. The fraction of sp³-hybridized carbons (Fsp3) is 0.250. The molecule has 2 N–H and O–H groups in total. The molecule has 0 saturated carbocycles. The number of rotatable bonds is 7. The third kappa shape index (κ3) is 4.66. The normalized spacial score (nSPS) is 11.7. The predicted molar refractivity (Wildman–Crippen MR) is 79.0 cm³/mol. The second-order valence-corrected chi connectivity index (χ2v) is 4.84. The van der Waals surface area contributed by atoms with Crippen LogP contribution in [0.5, 0.6) is 11.7 Å². The van der Waals surface area contributed by atoms with E-state index in [9.17, 15) is 9.59 Å². The van der Waals surface area contributed by atoms with Gasteiger partial charge in [0, 0.05) is 18.5 Å². The smallest absolute Gasteiger partial charge is 0.303 e. The van der Waals surface area contributed by atoms with Crippen molar-refractivity contribution in [2.45, 2.75) is 25.8 Å². The Balaban J connectivity index is 1.90. The van der Waals surface area contributed by atoms with E-state index in [1.165, 1.54) is 6.07 Å². The Labute approximate surface area is 127 Å². The number of aliphatic carboxylic acids is 1. The van der Waals surface area contributed by atoms with Crippen molar-refractivity contribution in [3.05, 3.63) is 48.2 Å². The van der Waals surface area contributed by atoms with Gasteiger partial charge in [0.05, 0.1) is 0 Å². The van der Waals surface area contributed by atoms with E-state index in [0.29, 0.717) is 12.2 Å². The van der Waals surface area contributed by atoms with Crippen LogP contribution in [0.3, 0.4) is 0 Å². The summed E-state index contributed by atoms with van der Waals surface area (Å²) < 4.78 is 10.8. The SMILES string of the molecule is CC(CCC(=O)O)NC(=O)c1ccc(Oc2ccccc2)o1. The number of ether oxygens (including phenoxy) is 1. The van der Waals surface area contributed by atoms with Crippen molar-refractivity contribution in [1.82, 2.24) is 5.32 Å². The van der Waals surface area contributed by atoms with Crippen LogP contribution in [-0.4, -0.2) is 23.0 Å². The standard InChI is InChI=1S/C16H17NO5/c1-11(7-9-14(18)19)17-16(20)13-8-10-15(22-13)21-12-5-3-2-4-6-12/h2-6,8,10-11H,7,9H2,1H3,(H,17,20)(H,18,19). The molecule has 1 unspecified atom stereocenters. The number of hydrogen-bond acceptors (Lipinski definition) is 4. The molecule has 1 heterocycles. The van der Waals surface area contributed by atoms with Gasteiger partial charge in [-0.05, 0) is 31.5 Å². The highest BCUT2D eigenvalue weighted by Gasteiger charge is 2.15. The van der Waals surface area contributed by atoms with E-state index in [4.69, 9.17) is 14.3 Å². The quantitative estimate of drug-likeness (QED) is 0.820. The van der Waals surface area contributed by atoms with Crippen LogP contribution in [0.25, 0.3) is 0 Å². The summed E-state index contributed by atoms with van der Waals surface area (Å²) in [5, 5.41) is 11.3. The average Bonchev–Trinajstić information content (AvgIpc) is 2.95. The van der Waals surface area contributed by atoms with Crippen molar-refractivity contribution in [3.8, 4) is 11.7 Å². The molecule has 1 amide bonds. The van der Waals surface area contributed by atoms with E-state index < -0.39 is 11.9 Å². The summed E-state index contributed by atoms with van der Waals surface area (Å²) in [4.78, 5) is 22.4. The van der Waals surface area contributed by atoms with Crippen LogP contribution in [0.1, 0.15) is 30.3 Å². The van der Waals surface area contributed by atoms with Gasteiger partial charge >= 0.3 is 5.97 Å². The van der Waals surface area contributed by atoms with Crippen LogP contribution in [-0.2, 0) is 4.79 Å². The van der Waals surface area contributed by atoms with E-state index in [2.05, 4.69) is 5.32 Å². The van der Waals surface area contributed by atoms with Crippen LogP contribution in [0.15, 0.2) is 46.9 Å². The fourth-order valence-electron chi connectivity index (χ4n) is 1.81. The summed E-state index contributed by atoms with van der Waals surface area (Å²) in [7, 11) is 0. The highest BCUT2D eigenvalue weighted by molar-refractivity contribution is 5.91. The number of carboxylic acids is 1. The monoisotopic (exact) mass is 303 g/mol. The van der Waals surface area contributed by atoms with Gasteiger partial charge < -0.3 is 19.6 Å². The first kappa shape index (κ1) is 15.6. The van der Waals surface area contributed by atoms with Crippen LogP contribution in [0.2, 0.25) is 0 Å². The Morgan fingerprint density at radius 1 is 1.23 bits per heavy atom. The van der Waals surface area contributed by atoms with Crippen molar-refractivity contribution < 1.29 is 23.8 Å². The lowest BCUT2D eigenvalue weighted by Gasteiger charge is -2.11. The van der Waals surface area contributed by atoms with Crippen molar-refractivity contribution in [3.63, 3.8) is 0 Å². The van der Waals surface area contributed by atoms with Gasteiger partial charge in [0.1, 0.15) is 5.75 Å². The van der Waals surface area contributed by atoms with E-state index in [-0.39, 0.29) is 24.2 Å². The molecular weight excluding hydrogens is 286 g/mol. The molecular formula is C16H17NO5.